The van der Waals surface area contributed by atoms with Gasteiger partial charge in [-0.3, -0.25) is 0 Å². The van der Waals surface area contributed by atoms with Crippen molar-refractivity contribution in [1.82, 2.24) is 0 Å². The number of allylic oxidation sites excluding steroid dienone is 1. The second-order valence-electron chi connectivity index (χ2n) is 1.77. The van der Waals surface area contributed by atoms with Gasteiger partial charge in [0.15, 0.2) is 6.54 Å². The van der Waals surface area contributed by atoms with Gasteiger partial charge in [-0.1, -0.05) is 0 Å². The summed E-state index contributed by atoms with van der Waals surface area (Å²) in [6.45, 7) is 4.20. The molecule has 0 radical (unpaired) electrons. The molecule has 0 aliphatic carbocycles. The van der Waals surface area contributed by atoms with Crippen LogP contribution in [0.2, 0.25) is 0 Å². The van der Waals surface area contributed by atoms with Gasteiger partial charge < -0.3 is 0 Å². The second kappa shape index (κ2) is 1.45. The van der Waals surface area contributed by atoms with Crippen LogP contribution < -0.4 is 0 Å². The molecular formula is C5H8NO+. The van der Waals surface area contributed by atoms with E-state index in [0.717, 1.165) is 23.3 Å². The maximum atomic E-state index is 10.4. The Morgan fingerprint density at radius 3 is 2.57 bits per heavy atom. The molecule has 2 heteroatoms. The van der Waals surface area contributed by atoms with Gasteiger partial charge in [-0.05, 0) is 6.58 Å². The molecule has 1 heterocycles. The molecule has 1 aliphatic heterocycles. The average Bonchev–Trinajstić information content (AvgIpc) is 1.91. The van der Waals surface area contributed by atoms with Gasteiger partial charge in [0.25, 0.3) is 0 Å². The van der Waals surface area contributed by atoms with E-state index in [9.17, 15) is 4.91 Å². The van der Waals surface area contributed by atoms with Gasteiger partial charge in [-0.15, -0.1) is 0 Å². The molecule has 1 saturated heterocycles. The predicted molar refractivity (Wildman–Crippen MR) is 26.9 cm³/mol. The summed E-state index contributed by atoms with van der Waals surface area (Å²) in [6, 6.07) is 0. The van der Waals surface area contributed by atoms with Crippen molar-refractivity contribution in [3.8, 4) is 0 Å². The number of nitroso groups, excluding NO2 is 1. The lowest BCUT2D eigenvalue weighted by Gasteiger charge is -1.71. The van der Waals surface area contributed by atoms with Crippen LogP contribution in [0.3, 0.4) is 0 Å². The maximum Gasteiger partial charge on any atom is 0.225 e. The van der Waals surface area contributed by atoms with Crippen molar-refractivity contribution >= 4 is 0 Å². The van der Waals surface area contributed by atoms with Gasteiger partial charge in [0.05, 0.1) is 0 Å². The highest BCUT2D eigenvalue weighted by molar-refractivity contribution is 4.83. The Morgan fingerprint density at radius 1 is 1.71 bits per heavy atom. The van der Waals surface area contributed by atoms with Crippen LogP contribution in [0.15, 0.2) is 12.3 Å². The lowest BCUT2D eigenvalue weighted by molar-refractivity contribution is -0.481. The minimum atomic E-state index is 0.652. The van der Waals surface area contributed by atoms with E-state index in [-0.39, 0.29) is 0 Å². The van der Waals surface area contributed by atoms with E-state index in [1.54, 1.807) is 0 Å². The van der Waals surface area contributed by atoms with Crippen LogP contribution >= 0.6 is 0 Å². The predicted octanol–water partition coefficient (Wildman–Crippen LogP) is 1.07. The topological polar surface area (TPSA) is 20.1 Å². The highest BCUT2D eigenvalue weighted by atomic mass is 16.3. The zero-order chi connectivity index (χ0) is 5.28. The lowest BCUT2D eigenvalue weighted by atomic mass is 10.3. The Labute approximate surface area is 42.4 Å². The number of hydrogen-bond acceptors (Lipinski definition) is 1. The molecule has 0 spiro atoms. The lowest BCUT2D eigenvalue weighted by Crippen LogP contribution is -1.95. The molecule has 1 rings (SSSR count). The number of nitrogens with zero attached hydrogens (tertiary/aromatic N) is 1. The fraction of sp³-hybridized carbons (Fsp3) is 0.600. The van der Waals surface area contributed by atoms with Crippen molar-refractivity contribution in [2.24, 2.45) is 0 Å². The van der Waals surface area contributed by atoms with E-state index in [4.69, 9.17) is 0 Å². The molecule has 38 valence electrons. The van der Waals surface area contributed by atoms with Crippen molar-refractivity contribution in [3.63, 3.8) is 0 Å². The maximum absolute atomic E-state index is 10.4. The van der Waals surface area contributed by atoms with Crippen LogP contribution in [0.1, 0.15) is 12.8 Å². The van der Waals surface area contributed by atoms with Gasteiger partial charge >= 0.3 is 0 Å². The first-order valence-corrected chi connectivity index (χ1v) is 2.43. The minimum Gasteiger partial charge on any atom is -0.0269 e. The first-order chi connectivity index (χ1) is 3.30. The van der Waals surface area contributed by atoms with Gasteiger partial charge in [-0.25, -0.2) is 0 Å². The van der Waals surface area contributed by atoms with Crippen LogP contribution in [0.4, 0.5) is 0 Å². The van der Waals surface area contributed by atoms with Gasteiger partial charge in [-0.2, -0.15) is 0 Å². The molecule has 1 aliphatic rings. The number of rotatable bonds is 0. The molecular weight excluding hydrogens is 90.1 g/mol. The average molecular weight is 98.1 g/mol. The molecule has 0 unspecified atom stereocenters. The van der Waals surface area contributed by atoms with E-state index < -0.39 is 0 Å². The van der Waals surface area contributed by atoms with E-state index in [0.29, 0.717) is 6.54 Å². The van der Waals surface area contributed by atoms with Crippen molar-refractivity contribution in [3.05, 3.63) is 17.2 Å². The molecule has 0 aromatic heterocycles. The Balaban J connectivity index is 2.65. The normalized spacial score (nSPS) is 21.1. The quantitative estimate of drug-likeness (QED) is 0.415. The largest absolute Gasteiger partial charge is 0.225 e. The summed E-state index contributed by atoms with van der Waals surface area (Å²) in [7, 11) is 0. The van der Waals surface area contributed by atoms with Crippen LogP contribution in [0.25, 0.3) is 0 Å². The highest BCUT2D eigenvalue weighted by Gasteiger charge is 2.21. The van der Waals surface area contributed by atoms with E-state index in [1.165, 1.54) is 0 Å². The Bertz CT molecular complexity index is 103. The smallest absolute Gasteiger partial charge is 0.0269 e. The standard InChI is InChI=1S/C5H8NO/c1-5-3-2-4-6(5)7/h1-4H2/q+1. The third-order valence-corrected chi connectivity index (χ3v) is 1.18. The second-order valence-corrected chi connectivity index (χ2v) is 1.77. The zero-order valence-electron chi connectivity index (χ0n) is 4.18. The summed E-state index contributed by atoms with van der Waals surface area (Å²) in [4.78, 5) is 10.4. The van der Waals surface area contributed by atoms with Crippen LogP contribution in [-0.2, 0) is 0 Å². The molecule has 2 nitrogen and oxygen atoms in total. The molecule has 0 aromatic carbocycles. The fourth-order valence-corrected chi connectivity index (χ4v) is 0.710. The number of hydrogen-bond donors (Lipinski definition) is 0. The van der Waals surface area contributed by atoms with Gasteiger partial charge in [0.2, 0.25) is 5.70 Å². The monoisotopic (exact) mass is 98.1 g/mol. The zero-order valence-corrected chi connectivity index (χ0v) is 4.18. The van der Waals surface area contributed by atoms with E-state index in [1.807, 2.05) is 0 Å². The van der Waals surface area contributed by atoms with Gasteiger partial charge in [0.1, 0.15) is 0 Å². The third kappa shape index (κ3) is 0.683. The summed E-state index contributed by atoms with van der Waals surface area (Å²) >= 11 is 0. The van der Waals surface area contributed by atoms with Crippen LogP contribution in [0.5, 0.6) is 0 Å². The Morgan fingerprint density at radius 2 is 2.43 bits per heavy atom. The van der Waals surface area contributed by atoms with Gasteiger partial charge in [0, 0.05) is 22.5 Å². The van der Waals surface area contributed by atoms with Crippen LogP contribution in [0, 0.1) is 4.91 Å². The summed E-state index contributed by atoms with van der Waals surface area (Å²) in [5, 5.41) is 0. The fourth-order valence-electron chi connectivity index (χ4n) is 0.710. The molecule has 0 aromatic rings. The van der Waals surface area contributed by atoms with E-state index in [2.05, 4.69) is 6.58 Å². The first kappa shape index (κ1) is 4.50. The summed E-state index contributed by atoms with van der Waals surface area (Å²) in [5.41, 5.74) is 0.736. The Kier molecular flexibility index (Phi) is 0.929. The van der Waals surface area contributed by atoms with E-state index >= 15 is 0 Å². The molecule has 0 bridgehead atoms. The molecule has 0 N–H and O–H groups in total. The summed E-state index contributed by atoms with van der Waals surface area (Å²) in [5.74, 6) is 0. The molecule has 0 saturated carbocycles. The van der Waals surface area contributed by atoms with Crippen molar-refractivity contribution in [2.45, 2.75) is 12.8 Å². The minimum absolute atomic E-state index is 0.652. The van der Waals surface area contributed by atoms with Crippen LogP contribution in [-0.4, -0.2) is 11.3 Å². The molecule has 1 fully saturated rings. The Hall–Kier alpha value is -0.660. The molecule has 0 atom stereocenters. The first-order valence-electron chi connectivity index (χ1n) is 2.43. The summed E-state index contributed by atoms with van der Waals surface area (Å²) < 4.78 is 0.958. The molecule has 0 amide bonds. The summed E-state index contributed by atoms with van der Waals surface area (Å²) in [6.07, 6.45) is 1.88. The third-order valence-electron chi connectivity index (χ3n) is 1.18. The van der Waals surface area contributed by atoms with Crippen molar-refractivity contribution in [2.75, 3.05) is 6.54 Å². The van der Waals surface area contributed by atoms with Crippen molar-refractivity contribution < 1.29 is 4.76 Å². The SMILES string of the molecule is C=C1CCC[N+]1=O. The highest BCUT2D eigenvalue weighted by Crippen LogP contribution is 2.11. The molecule has 7 heavy (non-hydrogen) atoms. The van der Waals surface area contributed by atoms with Crippen molar-refractivity contribution in [1.29, 1.82) is 0 Å².